The molecular formula is C57H41NO. The normalized spacial score (nSPS) is 12.7. The van der Waals surface area contributed by atoms with Gasteiger partial charge in [-0.3, -0.25) is 0 Å². The van der Waals surface area contributed by atoms with Gasteiger partial charge in [-0.1, -0.05) is 184 Å². The zero-order chi connectivity index (χ0) is 39.5. The van der Waals surface area contributed by atoms with Crippen LogP contribution in [0, 0.1) is 0 Å². The largest absolute Gasteiger partial charge is 0.455 e. The molecular weight excluding hydrogens is 715 g/mol. The molecule has 1 aliphatic carbocycles. The molecule has 9 aromatic carbocycles. The molecule has 10 aromatic rings. The first-order chi connectivity index (χ1) is 29.0. The number of benzene rings is 9. The van der Waals surface area contributed by atoms with E-state index in [0.717, 1.165) is 50.1 Å². The topological polar surface area (TPSA) is 16.4 Å². The van der Waals surface area contributed by atoms with E-state index in [0.29, 0.717) is 0 Å². The Morgan fingerprint density at radius 1 is 0.356 bits per heavy atom. The van der Waals surface area contributed by atoms with Gasteiger partial charge in [0.25, 0.3) is 0 Å². The molecule has 2 heteroatoms. The van der Waals surface area contributed by atoms with Crippen LogP contribution in [-0.4, -0.2) is 0 Å². The highest BCUT2D eigenvalue weighted by Gasteiger charge is 2.39. The first-order valence-corrected chi connectivity index (χ1v) is 20.4. The van der Waals surface area contributed by atoms with Gasteiger partial charge in [0.05, 0.1) is 0 Å². The van der Waals surface area contributed by atoms with Crippen LogP contribution >= 0.6 is 0 Å². The second-order valence-corrected chi connectivity index (χ2v) is 16.1. The molecule has 59 heavy (non-hydrogen) atoms. The molecule has 1 heterocycles. The van der Waals surface area contributed by atoms with Gasteiger partial charge in [-0.25, -0.2) is 0 Å². The van der Waals surface area contributed by atoms with E-state index in [-0.39, 0.29) is 5.41 Å². The Morgan fingerprint density at radius 2 is 0.831 bits per heavy atom. The molecule has 1 aromatic heterocycles. The van der Waals surface area contributed by atoms with Crippen molar-refractivity contribution < 1.29 is 4.42 Å². The summed E-state index contributed by atoms with van der Waals surface area (Å²) in [5.74, 6) is 0. The Balaban J connectivity index is 1.01. The Bertz CT molecular complexity index is 3140. The summed E-state index contributed by atoms with van der Waals surface area (Å²) in [6, 6.07) is 76.6. The number of hydrogen-bond acceptors (Lipinski definition) is 2. The zero-order valence-electron chi connectivity index (χ0n) is 33.1. The van der Waals surface area contributed by atoms with Crippen LogP contribution in [0.3, 0.4) is 0 Å². The zero-order valence-corrected chi connectivity index (χ0v) is 33.1. The first kappa shape index (κ1) is 34.8. The molecule has 280 valence electrons. The number of fused-ring (bicyclic) bond motifs is 6. The van der Waals surface area contributed by atoms with Crippen LogP contribution in [0.25, 0.3) is 77.6 Å². The molecule has 0 radical (unpaired) electrons. The molecule has 0 unspecified atom stereocenters. The fraction of sp³-hybridized carbons (Fsp3) is 0.0526. The van der Waals surface area contributed by atoms with Crippen LogP contribution in [0.1, 0.15) is 25.0 Å². The maximum atomic E-state index is 6.43. The van der Waals surface area contributed by atoms with Crippen LogP contribution in [0.15, 0.2) is 217 Å². The predicted octanol–water partition coefficient (Wildman–Crippen LogP) is 16.0. The van der Waals surface area contributed by atoms with E-state index >= 15 is 0 Å². The van der Waals surface area contributed by atoms with Crippen molar-refractivity contribution in [3.05, 3.63) is 223 Å². The minimum atomic E-state index is -0.141. The van der Waals surface area contributed by atoms with Gasteiger partial charge in [0.15, 0.2) is 0 Å². The van der Waals surface area contributed by atoms with E-state index in [1.165, 1.54) is 55.6 Å². The maximum Gasteiger partial charge on any atom is 0.143 e. The van der Waals surface area contributed by atoms with Crippen molar-refractivity contribution in [3.63, 3.8) is 0 Å². The number of hydrogen-bond donors (Lipinski definition) is 0. The van der Waals surface area contributed by atoms with E-state index in [9.17, 15) is 0 Å². The van der Waals surface area contributed by atoms with E-state index in [2.05, 4.69) is 219 Å². The number of para-hydroxylation sites is 2. The Morgan fingerprint density at radius 3 is 1.51 bits per heavy atom. The van der Waals surface area contributed by atoms with E-state index < -0.39 is 0 Å². The molecule has 0 atom stereocenters. The van der Waals surface area contributed by atoms with Gasteiger partial charge in [-0.15, -0.1) is 0 Å². The summed E-state index contributed by atoms with van der Waals surface area (Å²) in [5, 5.41) is 2.27. The predicted molar refractivity (Wildman–Crippen MR) is 248 cm³/mol. The number of anilines is 3. The fourth-order valence-electron chi connectivity index (χ4n) is 9.45. The molecule has 0 fully saturated rings. The third kappa shape index (κ3) is 5.79. The van der Waals surface area contributed by atoms with Crippen LogP contribution in [-0.2, 0) is 5.41 Å². The summed E-state index contributed by atoms with van der Waals surface area (Å²) in [6.45, 7) is 4.75. The van der Waals surface area contributed by atoms with Crippen molar-refractivity contribution in [1.29, 1.82) is 0 Å². The van der Waals surface area contributed by atoms with E-state index in [1.807, 2.05) is 12.1 Å². The van der Waals surface area contributed by atoms with Crippen LogP contribution in [0.2, 0.25) is 0 Å². The molecule has 0 N–H and O–H groups in total. The van der Waals surface area contributed by atoms with Gasteiger partial charge in [0, 0.05) is 38.8 Å². The highest BCUT2D eigenvalue weighted by Crippen LogP contribution is 2.55. The van der Waals surface area contributed by atoms with Gasteiger partial charge in [-0.05, 0) is 104 Å². The van der Waals surface area contributed by atoms with Gasteiger partial charge >= 0.3 is 0 Å². The summed E-state index contributed by atoms with van der Waals surface area (Å²) in [6.07, 6.45) is 0. The number of rotatable bonds is 7. The van der Waals surface area contributed by atoms with Crippen molar-refractivity contribution in [2.24, 2.45) is 0 Å². The van der Waals surface area contributed by atoms with E-state index in [4.69, 9.17) is 4.42 Å². The molecule has 1 aliphatic rings. The molecule has 0 saturated heterocycles. The average Bonchev–Trinajstić information content (AvgIpc) is 3.80. The molecule has 0 spiro atoms. The van der Waals surface area contributed by atoms with Gasteiger partial charge < -0.3 is 9.32 Å². The summed E-state index contributed by atoms with van der Waals surface area (Å²) < 4.78 is 6.43. The molecule has 11 rings (SSSR count). The summed E-state index contributed by atoms with van der Waals surface area (Å²) in [4.78, 5) is 2.35. The second-order valence-electron chi connectivity index (χ2n) is 16.1. The summed E-state index contributed by atoms with van der Waals surface area (Å²) in [5.41, 5.74) is 20.0. The average molecular weight is 756 g/mol. The van der Waals surface area contributed by atoms with E-state index in [1.54, 1.807) is 0 Å². The standard InChI is InChI=1S/C57H41NO/c1-57(2)52-22-11-9-19-51(52)54-46(36-37-47(55(54)57)40-16-7-4-8-17-40)41-26-32-44(33-27-41)58(43-30-24-39(25-31-43)38-14-5-3-6-15-38)45-34-28-42(29-35-45)48-20-13-21-50-49-18-10-12-23-53(49)59-56(48)50/h3-37H,1-2H3. The SMILES string of the molecule is CC1(C)c2ccccc2-c2c(-c3ccc(N(c4ccc(-c5ccccc5)cc4)c4ccc(-c5cccc6c5oc5ccccc56)cc4)cc3)ccc(-c3ccccc3)c21. The van der Waals surface area contributed by atoms with Gasteiger partial charge in [0.1, 0.15) is 11.2 Å². The lowest BCUT2D eigenvalue weighted by Gasteiger charge is -2.27. The lowest BCUT2D eigenvalue weighted by atomic mass is 9.78. The highest BCUT2D eigenvalue weighted by atomic mass is 16.3. The minimum absolute atomic E-state index is 0.141. The number of furan rings is 1. The first-order valence-electron chi connectivity index (χ1n) is 20.4. The summed E-state index contributed by atoms with van der Waals surface area (Å²) >= 11 is 0. The molecule has 0 amide bonds. The highest BCUT2D eigenvalue weighted by molar-refractivity contribution is 6.09. The Hall–Kier alpha value is -7.42. The third-order valence-electron chi connectivity index (χ3n) is 12.3. The summed E-state index contributed by atoms with van der Waals surface area (Å²) in [7, 11) is 0. The van der Waals surface area contributed by atoms with Crippen LogP contribution in [0.4, 0.5) is 17.1 Å². The minimum Gasteiger partial charge on any atom is -0.455 e. The van der Waals surface area contributed by atoms with Crippen LogP contribution < -0.4 is 4.90 Å². The molecule has 0 aliphatic heterocycles. The lowest BCUT2D eigenvalue weighted by molar-refractivity contribution is 0.662. The second kappa shape index (κ2) is 13.9. The van der Waals surface area contributed by atoms with Crippen molar-refractivity contribution in [1.82, 2.24) is 0 Å². The van der Waals surface area contributed by atoms with Crippen molar-refractivity contribution in [2.75, 3.05) is 4.90 Å². The molecule has 0 saturated carbocycles. The number of nitrogens with zero attached hydrogens (tertiary/aromatic N) is 1. The fourth-order valence-corrected chi connectivity index (χ4v) is 9.45. The van der Waals surface area contributed by atoms with Crippen LogP contribution in [0.5, 0.6) is 0 Å². The third-order valence-corrected chi connectivity index (χ3v) is 12.3. The Labute approximate surface area is 345 Å². The quantitative estimate of drug-likeness (QED) is 0.161. The Kier molecular flexibility index (Phi) is 8.20. The van der Waals surface area contributed by atoms with Gasteiger partial charge in [0.2, 0.25) is 0 Å². The lowest BCUT2D eigenvalue weighted by Crippen LogP contribution is -2.16. The smallest absolute Gasteiger partial charge is 0.143 e. The molecule has 0 bridgehead atoms. The van der Waals surface area contributed by atoms with Gasteiger partial charge in [-0.2, -0.15) is 0 Å². The maximum absolute atomic E-state index is 6.43. The monoisotopic (exact) mass is 755 g/mol. The van der Waals surface area contributed by atoms with Crippen molar-refractivity contribution in [3.8, 4) is 55.6 Å². The molecule has 2 nitrogen and oxygen atoms in total. The van der Waals surface area contributed by atoms with Crippen molar-refractivity contribution >= 4 is 39.0 Å². The van der Waals surface area contributed by atoms with Crippen molar-refractivity contribution in [2.45, 2.75) is 19.3 Å².